The lowest BCUT2D eigenvalue weighted by atomic mass is 10.2. The van der Waals surface area contributed by atoms with E-state index in [4.69, 9.17) is 15.4 Å². The molecule has 0 amide bonds. The van der Waals surface area contributed by atoms with Gasteiger partial charge in [-0.15, -0.1) is 0 Å². The molecule has 6 nitrogen and oxygen atoms in total. The molecule has 20 heavy (non-hydrogen) atoms. The zero-order chi connectivity index (χ0) is 15.5. The van der Waals surface area contributed by atoms with Crippen LogP contribution < -0.4 is 4.74 Å². The molecule has 0 saturated carbocycles. The molecule has 0 aliphatic carbocycles. The van der Waals surface area contributed by atoms with Crippen LogP contribution in [0.4, 0.5) is 5.69 Å². The first kappa shape index (κ1) is 16.7. The van der Waals surface area contributed by atoms with Gasteiger partial charge in [-0.3, -0.25) is 10.1 Å². The van der Waals surface area contributed by atoms with Crippen molar-refractivity contribution in [2.45, 2.75) is 44.6 Å². The predicted molar refractivity (Wildman–Crippen MR) is 75.9 cm³/mol. The molecule has 0 radical (unpaired) electrons. The molecule has 0 bridgehead atoms. The number of halogens is 1. The maximum Gasteiger partial charge on any atom is 0.312 e. The number of nitrogens with zero attached hydrogens (tertiary/aromatic N) is 1. The van der Waals surface area contributed by atoms with Gasteiger partial charge >= 0.3 is 5.69 Å². The Morgan fingerprint density at radius 2 is 2.05 bits per heavy atom. The molecule has 1 aromatic rings. The number of benzene rings is 1. The minimum atomic E-state index is -4.03. The van der Waals surface area contributed by atoms with Crippen molar-refractivity contribution in [2.24, 2.45) is 0 Å². The van der Waals surface area contributed by atoms with Crippen molar-refractivity contribution in [2.75, 3.05) is 0 Å². The van der Waals surface area contributed by atoms with Crippen molar-refractivity contribution >= 4 is 25.4 Å². The summed E-state index contributed by atoms with van der Waals surface area (Å²) in [5.41, 5.74) is -0.0953. The van der Waals surface area contributed by atoms with Crippen LogP contribution in [-0.4, -0.2) is 19.4 Å². The van der Waals surface area contributed by atoms with Gasteiger partial charge in [-0.2, -0.15) is 0 Å². The fourth-order valence-corrected chi connectivity index (χ4v) is 3.03. The summed E-state index contributed by atoms with van der Waals surface area (Å²) in [6.45, 7) is 5.29. The monoisotopic (exact) mass is 321 g/mol. The third kappa shape index (κ3) is 4.08. The van der Waals surface area contributed by atoms with Gasteiger partial charge in [0.25, 0.3) is 9.05 Å². The van der Waals surface area contributed by atoms with Gasteiger partial charge in [-0.1, -0.05) is 13.3 Å². The van der Waals surface area contributed by atoms with Gasteiger partial charge in [0.15, 0.2) is 5.75 Å². The number of ether oxygens (including phenoxy) is 1. The third-order valence-corrected chi connectivity index (χ3v) is 4.20. The molecule has 0 spiro atoms. The van der Waals surface area contributed by atoms with Crippen molar-refractivity contribution in [1.82, 2.24) is 0 Å². The largest absolute Gasteiger partial charge is 0.484 e. The van der Waals surface area contributed by atoms with Crippen LogP contribution >= 0.6 is 10.7 Å². The van der Waals surface area contributed by atoms with E-state index < -0.39 is 19.7 Å². The molecule has 0 N–H and O–H groups in total. The first-order valence-corrected chi connectivity index (χ1v) is 8.38. The van der Waals surface area contributed by atoms with E-state index in [1.165, 1.54) is 13.0 Å². The van der Waals surface area contributed by atoms with Gasteiger partial charge in [0.1, 0.15) is 0 Å². The molecule has 1 atom stereocenters. The second-order valence-electron chi connectivity index (χ2n) is 4.50. The minimum absolute atomic E-state index is 0.0533. The zero-order valence-electron chi connectivity index (χ0n) is 11.4. The molecule has 0 saturated heterocycles. The molecule has 0 heterocycles. The molecular formula is C12H16ClNO5S. The van der Waals surface area contributed by atoms with Crippen molar-refractivity contribution in [3.05, 3.63) is 27.8 Å². The topological polar surface area (TPSA) is 86.5 Å². The van der Waals surface area contributed by atoms with Crippen molar-refractivity contribution in [1.29, 1.82) is 0 Å². The lowest BCUT2D eigenvalue weighted by molar-refractivity contribution is -0.386. The van der Waals surface area contributed by atoms with E-state index in [1.807, 2.05) is 6.92 Å². The van der Waals surface area contributed by atoms with Crippen LogP contribution in [0.3, 0.4) is 0 Å². The number of nitro groups is 1. The summed E-state index contributed by atoms with van der Waals surface area (Å²) in [6, 6.07) is 2.27. The Morgan fingerprint density at radius 1 is 1.45 bits per heavy atom. The summed E-state index contributed by atoms with van der Waals surface area (Å²) < 4.78 is 28.2. The van der Waals surface area contributed by atoms with Crippen molar-refractivity contribution in [3.8, 4) is 5.75 Å². The second kappa shape index (κ2) is 6.41. The summed E-state index contributed by atoms with van der Waals surface area (Å²) in [4.78, 5) is 10.1. The Hall–Kier alpha value is -1.34. The van der Waals surface area contributed by atoms with E-state index in [0.717, 1.165) is 18.9 Å². The van der Waals surface area contributed by atoms with E-state index in [1.54, 1.807) is 6.92 Å². The maximum atomic E-state index is 11.4. The van der Waals surface area contributed by atoms with E-state index in [9.17, 15) is 18.5 Å². The average molecular weight is 322 g/mol. The zero-order valence-corrected chi connectivity index (χ0v) is 13.0. The van der Waals surface area contributed by atoms with Crippen LogP contribution in [0.25, 0.3) is 0 Å². The number of hydrogen-bond donors (Lipinski definition) is 0. The Labute approximate surface area is 122 Å². The molecule has 112 valence electrons. The Balaban J connectivity index is 3.32. The average Bonchev–Trinajstić information content (AvgIpc) is 2.26. The van der Waals surface area contributed by atoms with Gasteiger partial charge in [0.2, 0.25) is 0 Å². The summed E-state index contributed by atoms with van der Waals surface area (Å²) in [5.74, 6) is 0.0533. The Kier molecular flexibility index (Phi) is 5.35. The molecule has 1 rings (SSSR count). The van der Waals surface area contributed by atoms with Gasteiger partial charge in [0.05, 0.1) is 15.9 Å². The quantitative estimate of drug-likeness (QED) is 0.455. The first-order chi connectivity index (χ1) is 9.16. The highest BCUT2D eigenvalue weighted by molar-refractivity contribution is 8.13. The fourth-order valence-electron chi connectivity index (χ4n) is 1.83. The van der Waals surface area contributed by atoms with Crippen LogP contribution in [0, 0.1) is 17.0 Å². The molecule has 1 unspecified atom stereocenters. The van der Waals surface area contributed by atoms with E-state index >= 15 is 0 Å². The van der Waals surface area contributed by atoms with Crippen molar-refractivity contribution < 1.29 is 18.1 Å². The van der Waals surface area contributed by atoms with Crippen molar-refractivity contribution in [3.63, 3.8) is 0 Å². The van der Waals surface area contributed by atoms with Gasteiger partial charge in [0, 0.05) is 16.7 Å². The minimum Gasteiger partial charge on any atom is -0.484 e. The molecular weight excluding hydrogens is 306 g/mol. The van der Waals surface area contributed by atoms with Crippen LogP contribution in [0.5, 0.6) is 5.75 Å². The van der Waals surface area contributed by atoms with E-state index in [-0.39, 0.29) is 16.7 Å². The highest BCUT2D eigenvalue weighted by Crippen LogP contribution is 2.34. The maximum absolute atomic E-state index is 11.4. The Morgan fingerprint density at radius 3 is 2.50 bits per heavy atom. The standard InChI is InChI=1S/C12H16ClNO5S/c1-4-5-9(3)19-11-6-8(2)12(20(13,17)18)7-10(11)14(15)16/h6-7,9H,4-5H2,1-3H3. The summed E-state index contributed by atoms with van der Waals surface area (Å²) >= 11 is 0. The molecule has 0 aliphatic rings. The first-order valence-electron chi connectivity index (χ1n) is 6.07. The second-order valence-corrected chi connectivity index (χ2v) is 7.03. The SMILES string of the molecule is CCCC(C)Oc1cc(C)c(S(=O)(=O)Cl)cc1[N+](=O)[O-]. The highest BCUT2D eigenvalue weighted by Gasteiger charge is 2.24. The normalized spacial score (nSPS) is 13.0. The van der Waals surface area contributed by atoms with Gasteiger partial charge in [-0.25, -0.2) is 8.42 Å². The molecule has 8 heteroatoms. The predicted octanol–water partition coefficient (Wildman–Crippen LogP) is 3.40. The van der Waals surface area contributed by atoms with Crippen LogP contribution in [-0.2, 0) is 9.05 Å². The number of hydrogen-bond acceptors (Lipinski definition) is 5. The lowest BCUT2D eigenvalue weighted by Crippen LogP contribution is -2.12. The molecule has 0 fully saturated rings. The summed E-state index contributed by atoms with van der Waals surface area (Å²) in [5, 5.41) is 11.0. The molecule has 1 aromatic carbocycles. The number of rotatable bonds is 6. The van der Waals surface area contributed by atoms with Gasteiger partial charge < -0.3 is 4.74 Å². The number of aryl methyl sites for hydroxylation is 1. The summed E-state index contributed by atoms with van der Waals surface area (Å²) in [7, 11) is 1.22. The van der Waals surface area contributed by atoms with E-state index in [2.05, 4.69) is 0 Å². The Bertz CT molecular complexity index is 615. The molecule has 0 aromatic heterocycles. The summed E-state index contributed by atoms with van der Waals surface area (Å²) in [6.07, 6.45) is 1.42. The fraction of sp³-hybridized carbons (Fsp3) is 0.500. The third-order valence-electron chi connectivity index (χ3n) is 2.74. The lowest BCUT2D eigenvalue weighted by Gasteiger charge is -2.15. The highest BCUT2D eigenvalue weighted by atomic mass is 35.7. The number of nitro benzene ring substituents is 1. The molecule has 0 aliphatic heterocycles. The van der Waals surface area contributed by atoms with Gasteiger partial charge in [-0.05, 0) is 31.9 Å². The van der Waals surface area contributed by atoms with Crippen LogP contribution in [0.1, 0.15) is 32.3 Å². The van der Waals surface area contributed by atoms with Crippen LogP contribution in [0.2, 0.25) is 0 Å². The van der Waals surface area contributed by atoms with E-state index in [0.29, 0.717) is 5.56 Å². The van der Waals surface area contributed by atoms with Crippen LogP contribution in [0.15, 0.2) is 17.0 Å². The smallest absolute Gasteiger partial charge is 0.312 e.